The summed E-state index contributed by atoms with van der Waals surface area (Å²) in [6, 6.07) is 3.36. The first-order valence-electron chi connectivity index (χ1n) is 6.94. The van der Waals surface area contributed by atoms with Gasteiger partial charge in [-0.1, -0.05) is 6.07 Å². The fourth-order valence-electron chi connectivity index (χ4n) is 2.75. The SMILES string of the molecule is O=C(O)CN(C(=O)[C@H]1C[C@@H]1c1ccc(F)cc1F)C1CC1. The molecule has 1 amide bonds. The van der Waals surface area contributed by atoms with E-state index in [2.05, 4.69) is 0 Å². The second-order valence-electron chi connectivity index (χ2n) is 5.71. The van der Waals surface area contributed by atoms with Crippen molar-refractivity contribution >= 4 is 11.9 Å². The van der Waals surface area contributed by atoms with Crippen molar-refractivity contribution in [1.29, 1.82) is 0 Å². The van der Waals surface area contributed by atoms with Gasteiger partial charge in [0, 0.05) is 18.0 Å². The number of nitrogens with zero attached hydrogens (tertiary/aromatic N) is 1. The number of carboxylic acid groups (broad SMARTS) is 1. The van der Waals surface area contributed by atoms with Gasteiger partial charge >= 0.3 is 5.97 Å². The summed E-state index contributed by atoms with van der Waals surface area (Å²) < 4.78 is 26.6. The molecule has 2 aliphatic rings. The summed E-state index contributed by atoms with van der Waals surface area (Å²) >= 11 is 0. The van der Waals surface area contributed by atoms with Crippen LogP contribution < -0.4 is 0 Å². The van der Waals surface area contributed by atoms with Gasteiger partial charge in [-0.15, -0.1) is 0 Å². The first-order valence-corrected chi connectivity index (χ1v) is 6.94. The van der Waals surface area contributed by atoms with Crippen molar-refractivity contribution in [1.82, 2.24) is 4.90 Å². The molecule has 2 aliphatic carbocycles. The fraction of sp³-hybridized carbons (Fsp3) is 0.467. The summed E-state index contributed by atoms with van der Waals surface area (Å²) in [5, 5.41) is 8.87. The zero-order chi connectivity index (χ0) is 15.1. The minimum absolute atomic E-state index is 0.00733. The Morgan fingerprint density at radius 3 is 2.57 bits per heavy atom. The minimum atomic E-state index is -1.04. The van der Waals surface area contributed by atoms with E-state index in [0.717, 1.165) is 18.9 Å². The highest BCUT2D eigenvalue weighted by Gasteiger charge is 2.49. The molecule has 0 aliphatic heterocycles. The maximum absolute atomic E-state index is 13.7. The van der Waals surface area contributed by atoms with Crippen LogP contribution in [0.15, 0.2) is 18.2 Å². The number of carbonyl (C=O) groups excluding carboxylic acids is 1. The van der Waals surface area contributed by atoms with Gasteiger partial charge in [0.25, 0.3) is 0 Å². The third-order valence-electron chi connectivity index (χ3n) is 4.05. The number of carboxylic acids is 1. The van der Waals surface area contributed by atoms with Gasteiger partial charge in [0.1, 0.15) is 18.2 Å². The summed E-state index contributed by atoms with van der Waals surface area (Å²) in [7, 11) is 0. The van der Waals surface area contributed by atoms with Crippen LogP contribution in [0.5, 0.6) is 0 Å². The van der Waals surface area contributed by atoms with Crippen molar-refractivity contribution in [3.05, 3.63) is 35.4 Å². The van der Waals surface area contributed by atoms with E-state index in [1.54, 1.807) is 0 Å². The minimum Gasteiger partial charge on any atom is -0.480 e. The third kappa shape index (κ3) is 2.89. The van der Waals surface area contributed by atoms with Crippen LogP contribution in [0.4, 0.5) is 8.78 Å². The zero-order valence-corrected chi connectivity index (χ0v) is 11.3. The average molecular weight is 295 g/mol. The highest BCUT2D eigenvalue weighted by atomic mass is 19.1. The van der Waals surface area contributed by atoms with Gasteiger partial charge in [-0.3, -0.25) is 9.59 Å². The molecule has 2 saturated carbocycles. The van der Waals surface area contributed by atoms with Gasteiger partial charge in [0.05, 0.1) is 0 Å². The predicted molar refractivity (Wildman–Crippen MR) is 69.6 cm³/mol. The molecule has 0 spiro atoms. The molecule has 112 valence electrons. The Balaban J connectivity index is 1.71. The van der Waals surface area contributed by atoms with Crippen LogP contribution >= 0.6 is 0 Å². The Kier molecular flexibility index (Phi) is 3.39. The molecule has 2 fully saturated rings. The Hall–Kier alpha value is -1.98. The van der Waals surface area contributed by atoms with Crippen LogP contribution in [-0.2, 0) is 9.59 Å². The molecule has 0 bridgehead atoms. The van der Waals surface area contributed by atoms with E-state index in [-0.39, 0.29) is 30.3 Å². The van der Waals surface area contributed by atoms with Crippen molar-refractivity contribution in [3.63, 3.8) is 0 Å². The Labute approximate surface area is 120 Å². The third-order valence-corrected chi connectivity index (χ3v) is 4.05. The second kappa shape index (κ2) is 5.09. The number of hydrogen-bond donors (Lipinski definition) is 1. The maximum atomic E-state index is 13.7. The monoisotopic (exact) mass is 295 g/mol. The van der Waals surface area contributed by atoms with Crippen LogP contribution in [-0.4, -0.2) is 34.5 Å². The number of aliphatic carboxylic acids is 1. The van der Waals surface area contributed by atoms with E-state index in [1.807, 2.05) is 0 Å². The first kappa shape index (κ1) is 14.0. The van der Waals surface area contributed by atoms with Crippen LogP contribution in [0.1, 0.15) is 30.7 Å². The van der Waals surface area contributed by atoms with Gasteiger partial charge in [-0.2, -0.15) is 0 Å². The predicted octanol–water partition coefficient (Wildman–Crippen LogP) is 2.14. The van der Waals surface area contributed by atoms with Crippen LogP contribution in [0.3, 0.4) is 0 Å². The van der Waals surface area contributed by atoms with Crippen molar-refractivity contribution < 1.29 is 23.5 Å². The molecule has 0 heterocycles. The smallest absolute Gasteiger partial charge is 0.323 e. The van der Waals surface area contributed by atoms with Gasteiger partial charge in [-0.25, -0.2) is 8.78 Å². The van der Waals surface area contributed by atoms with Crippen LogP contribution in [0.2, 0.25) is 0 Å². The number of amides is 1. The molecule has 2 atom stereocenters. The summed E-state index contributed by atoms with van der Waals surface area (Å²) in [6.07, 6.45) is 2.13. The second-order valence-corrected chi connectivity index (χ2v) is 5.71. The normalized spacial score (nSPS) is 23.7. The molecule has 21 heavy (non-hydrogen) atoms. The Bertz CT molecular complexity index is 601. The summed E-state index contributed by atoms with van der Waals surface area (Å²) in [6.45, 7) is -0.307. The van der Waals surface area contributed by atoms with Gasteiger partial charge in [0.2, 0.25) is 5.91 Å². The number of rotatable bonds is 5. The molecule has 3 rings (SSSR count). The molecule has 1 aromatic carbocycles. The van der Waals surface area contributed by atoms with E-state index < -0.39 is 17.6 Å². The molecule has 1 aromatic rings. The average Bonchev–Trinajstić information content (AvgIpc) is 3.27. The fourth-order valence-corrected chi connectivity index (χ4v) is 2.75. The lowest BCUT2D eigenvalue weighted by atomic mass is 10.1. The molecular weight excluding hydrogens is 280 g/mol. The van der Waals surface area contributed by atoms with E-state index in [1.165, 1.54) is 17.0 Å². The summed E-state index contributed by atoms with van der Waals surface area (Å²) in [5.74, 6) is -3.22. The van der Waals surface area contributed by atoms with Crippen LogP contribution in [0.25, 0.3) is 0 Å². The van der Waals surface area contributed by atoms with Crippen LogP contribution in [0, 0.1) is 17.6 Å². The van der Waals surface area contributed by atoms with E-state index in [4.69, 9.17) is 5.11 Å². The quantitative estimate of drug-likeness (QED) is 0.905. The van der Waals surface area contributed by atoms with E-state index in [0.29, 0.717) is 12.0 Å². The molecule has 0 unspecified atom stereocenters. The molecule has 0 aromatic heterocycles. The summed E-state index contributed by atoms with van der Waals surface area (Å²) in [5.41, 5.74) is 0.334. The first-order chi connectivity index (χ1) is 9.97. The van der Waals surface area contributed by atoms with Gasteiger partial charge in [0.15, 0.2) is 0 Å². The topological polar surface area (TPSA) is 57.6 Å². The zero-order valence-electron chi connectivity index (χ0n) is 11.3. The molecule has 0 saturated heterocycles. The number of halogens is 2. The standard InChI is InChI=1S/C15H15F2NO3/c16-8-1-4-10(13(17)5-8)11-6-12(11)15(21)18(7-14(19)20)9-2-3-9/h1,4-5,9,11-12H,2-3,6-7H2,(H,19,20)/t11-,12+/m1/s1. The molecule has 1 N–H and O–H groups in total. The van der Waals surface area contributed by atoms with Gasteiger partial charge in [-0.05, 0) is 36.8 Å². The van der Waals surface area contributed by atoms with E-state index in [9.17, 15) is 18.4 Å². The lowest BCUT2D eigenvalue weighted by Gasteiger charge is -2.20. The largest absolute Gasteiger partial charge is 0.480 e. The van der Waals surface area contributed by atoms with E-state index >= 15 is 0 Å². The Morgan fingerprint density at radius 2 is 2.00 bits per heavy atom. The molecule has 0 radical (unpaired) electrons. The van der Waals surface area contributed by atoms with Crippen molar-refractivity contribution in [2.75, 3.05) is 6.54 Å². The number of hydrogen-bond acceptors (Lipinski definition) is 2. The maximum Gasteiger partial charge on any atom is 0.323 e. The lowest BCUT2D eigenvalue weighted by Crippen LogP contribution is -2.38. The number of benzene rings is 1. The highest BCUT2D eigenvalue weighted by Crippen LogP contribution is 2.50. The number of carbonyl (C=O) groups is 2. The molecule has 4 nitrogen and oxygen atoms in total. The van der Waals surface area contributed by atoms with Gasteiger partial charge < -0.3 is 10.0 Å². The summed E-state index contributed by atoms with van der Waals surface area (Å²) in [4.78, 5) is 24.6. The Morgan fingerprint density at radius 1 is 1.29 bits per heavy atom. The van der Waals surface area contributed by atoms with Crippen molar-refractivity contribution in [3.8, 4) is 0 Å². The lowest BCUT2D eigenvalue weighted by molar-refractivity contribution is -0.145. The molecular formula is C15H15F2NO3. The highest BCUT2D eigenvalue weighted by molar-refractivity contribution is 5.86. The van der Waals surface area contributed by atoms with Crippen molar-refractivity contribution in [2.45, 2.75) is 31.2 Å². The molecule has 6 heteroatoms. The van der Waals surface area contributed by atoms with Crippen molar-refractivity contribution in [2.24, 2.45) is 5.92 Å².